The second-order valence-corrected chi connectivity index (χ2v) is 9.16. The van der Waals surface area contributed by atoms with E-state index in [-0.39, 0.29) is 37.5 Å². The molecule has 1 aliphatic carbocycles. The zero-order chi connectivity index (χ0) is 24.4. The summed E-state index contributed by atoms with van der Waals surface area (Å²) in [7, 11) is 0. The number of halogens is 1. The van der Waals surface area contributed by atoms with Crippen LogP contribution in [0.2, 0.25) is 0 Å². The maximum Gasteiger partial charge on any atom is 0.155 e. The van der Waals surface area contributed by atoms with Crippen molar-refractivity contribution in [1.29, 1.82) is 0 Å². The summed E-state index contributed by atoms with van der Waals surface area (Å²) in [5.74, 6) is 0.238. The molecule has 0 fully saturated rings. The van der Waals surface area contributed by atoms with E-state index >= 15 is 0 Å². The Morgan fingerprint density at radius 1 is 1.06 bits per heavy atom. The van der Waals surface area contributed by atoms with Gasteiger partial charge in [-0.25, -0.2) is 4.39 Å². The number of aliphatic hydroxyl groups is 1. The third kappa shape index (κ3) is 5.69. The first-order chi connectivity index (χ1) is 16.3. The molecule has 0 saturated carbocycles. The molecule has 0 bridgehead atoms. The van der Waals surface area contributed by atoms with Crippen molar-refractivity contribution in [2.45, 2.75) is 52.9 Å². The van der Waals surface area contributed by atoms with E-state index in [2.05, 4.69) is 26.0 Å². The van der Waals surface area contributed by atoms with Gasteiger partial charge in [-0.2, -0.15) is 0 Å². The van der Waals surface area contributed by atoms with Crippen LogP contribution in [0.3, 0.4) is 0 Å². The number of ketones is 1. The Balaban J connectivity index is 0.000000378. The van der Waals surface area contributed by atoms with Crippen LogP contribution in [0.25, 0.3) is 32.8 Å². The summed E-state index contributed by atoms with van der Waals surface area (Å²) < 4.78 is 14.2. The zero-order valence-electron chi connectivity index (χ0n) is 20.4. The van der Waals surface area contributed by atoms with Crippen molar-refractivity contribution in [2.24, 2.45) is 0 Å². The fourth-order valence-electron chi connectivity index (χ4n) is 4.78. The summed E-state index contributed by atoms with van der Waals surface area (Å²) in [4.78, 5) is 14.7. The second-order valence-electron chi connectivity index (χ2n) is 9.16. The average molecular weight is 647 g/mol. The number of pyridine rings is 1. The zero-order valence-corrected chi connectivity index (χ0v) is 22.8. The molecule has 4 aromatic rings. The van der Waals surface area contributed by atoms with Crippen LogP contribution in [0.5, 0.6) is 0 Å². The third-order valence-corrected chi connectivity index (χ3v) is 6.19. The molecule has 5 heteroatoms. The molecular formula is C30H29FIrNO2-. The predicted molar refractivity (Wildman–Crippen MR) is 137 cm³/mol. The molecule has 0 spiro atoms. The molecular weight excluding hydrogens is 618 g/mol. The Morgan fingerprint density at radius 3 is 2.43 bits per heavy atom. The molecule has 1 radical (unpaired) electrons. The molecule has 0 aliphatic heterocycles. The van der Waals surface area contributed by atoms with E-state index in [9.17, 15) is 9.18 Å². The number of carbonyl (C=O) groups is 1. The van der Waals surface area contributed by atoms with Crippen molar-refractivity contribution >= 4 is 27.3 Å². The Morgan fingerprint density at radius 2 is 1.77 bits per heavy atom. The Kier molecular flexibility index (Phi) is 8.58. The van der Waals surface area contributed by atoms with Gasteiger partial charge in [-0.3, -0.25) is 4.79 Å². The number of allylic oxidation sites excluding steroid dienone is 2. The number of benzene rings is 3. The minimum Gasteiger partial charge on any atom is -0.512 e. The van der Waals surface area contributed by atoms with E-state index in [4.69, 9.17) is 10.1 Å². The van der Waals surface area contributed by atoms with Crippen molar-refractivity contribution in [3.63, 3.8) is 0 Å². The standard InChI is InChI=1S/C25H21FN.C5H8O2.Ir/c1-15(2)23-14-17(13-16-5-3-6-18(16)23)25-22-10-9-21-19(7-4-8-24(21)26)20(22)11-12-27-25;1-4(6)3-5(2)7;/h4,7-12,14-15H,3,5-6H2,1-2H3;3,6H,1-2H3;/q-1;;/b;4-3-;. The molecule has 0 unspecified atom stereocenters. The summed E-state index contributed by atoms with van der Waals surface area (Å²) in [6.07, 6.45) is 6.47. The third-order valence-electron chi connectivity index (χ3n) is 6.19. The number of aryl methyl sites for hydroxylation is 1. The van der Waals surface area contributed by atoms with Crippen LogP contribution in [0.15, 0.2) is 60.5 Å². The quantitative estimate of drug-likeness (QED) is 0.108. The van der Waals surface area contributed by atoms with E-state index in [1.54, 1.807) is 6.07 Å². The van der Waals surface area contributed by atoms with Crippen molar-refractivity contribution in [1.82, 2.24) is 4.98 Å². The molecule has 3 aromatic carbocycles. The Hall–Kier alpha value is -2.88. The van der Waals surface area contributed by atoms with Gasteiger partial charge in [-0.05, 0) is 60.2 Å². The van der Waals surface area contributed by atoms with Crippen LogP contribution < -0.4 is 0 Å². The topological polar surface area (TPSA) is 50.2 Å². The number of nitrogens with zero attached hydrogens (tertiary/aromatic N) is 1. The van der Waals surface area contributed by atoms with Gasteiger partial charge in [-0.15, -0.1) is 34.4 Å². The van der Waals surface area contributed by atoms with Crippen molar-refractivity contribution < 1.29 is 34.4 Å². The molecule has 0 saturated heterocycles. The molecule has 35 heavy (non-hydrogen) atoms. The number of hydrogen-bond donors (Lipinski definition) is 1. The maximum absolute atomic E-state index is 14.2. The predicted octanol–water partition coefficient (Wildman–Crippen LogP) is 7.64. The van der Waals surface area contributed by atoms with E-state index in [1.807, 2.05) is 30.5 Å². The number of aromatic nitrogens is 1. The summed E-state index contributed by atoms with van der Waals surface area (Å²) in [5, 5.41) is 12.0. The summed E-state index contributed by atoms with van der Waals surface area (Å²) in [6.45, 7) is 7.36. The molecule has 1 aliphatic rings. The first-order valence-corrected chi connectivity index (χ1v) is 11.7. The summed E-state index contributed by atoms with van der Waals surface area (Å²) >= 11 is 0. The molecule has 1 aromatic heterocycles. The molecule has 3 nitrogen and oxygen atoms in total. The first-order valence-electron chi connectivity index (χ1n) is 11.7. The van der Waals surface area contributed by atoms with Gasteiger partial charge in [0.25, 0.3) is 0 Å². The number of fused-ring (bicyclic) bond motifs is 4. The first kappa shape index (κ1) is 26.7. The molecule has 5 rings (SSSR count). The molecule has 1 N–H and O–H groups in total. The van der Waals surface area contributed by atoms with Crippen molar-refractivity contribution in [2.75, 3.05) is 0 Å². The number of rotatable bonds is 3. The van der Waals surface area contributed by atoms with Crippen LogP contribution >= 0.6 is 0 Å². The maximum atomic E-state index is 14.2. The summed E-state index contributed by atoms with van der Waals surface area (Å²) in [5.41, 5.74) is 6.25. The minimum atomic E-state index is -0.182. The van der Waals surface area contributed by atoms with Gasteiger partial charge in [0.15, 0.2) is 5.78 Å². The van der Waals surface area contributed by atoms with E-state index in [1.165, 1.54) is 49.1 Å². The minimum absolute atomic E-state index is 0. The van der Waals surface area contributed by atoms with Gasteiger partial charge in [-0.1, -0.05) is 51.0 Å². The van der Waals surface area contributed by atoms with E-state index < -0.39 is 0 Å². The van der Waals surface area contributed by atoms with E-state index in [0.29, 0.717) is 11.3 Å². The van der Waals surface area contributed by atoms with Crippen molar-refractivity contribution in [3.05, 3.63) is 89.1 Å². The number of hydrogen-bond acceptors (Lipinski definition) is 3. The Bertz CT molecular complexity index is 1420. The SMILES string of the molecule is CC(=O)/C=C(/C)O.CC(C)c1cc(-c2nccc3c2ccc2c(F)cccc23)[c-]c2c1CCC2.[Ir]. The molecule has 0 atom stereocenters. The van der Waals surface area contributed by atoms with Crippen LogP contribution in [0, 0.1) is 11.9 Å². The number of carbonyl (C=O) groups excluding carboxylic acids is 1. The summed E-state index contributed by atoms with van der Waals surface area (Å²) in [6, 6.07) is 17.0. The monoisotopic (exact) mass is 647 g/mol. The Labute approximate surface area is 219 Å². The van der Waals surface area contributed by atoms with Crippen LogP contribution in [0.1, 0.15) is 56.7 Å². The van der Waals surface area contributed by atoms with Gasteiger partial charge in [0.05, 0.1) is 5.76 Å². The number of aliphatic hydroxyl groups excluding tert-OH is 1. The smallest absolute Gasteiger partial charge is 0.155 e. The molecule has 183 valence electrons. The van der Waals surface area contributed by atoms with E-state index in [0.717, 1.165) is 40.3 Å². The van der Waals surface area contributed by atoms with Crippen LogP contribution in [-0.4, -0.2) is 15.9 Å². The normalized spacial score (nSPS) is 12.8. The van der Waals surface area contributed by atoms with Gasteiger partial charge in [0.2, 0.25) is 0 Å². The van der Waals surface area contributed by atoms with Gasteiger partial charge < -0.3 is 10.1 Å². The van der Waals surface area contributed by atoms with Gasteiger partial charge >= 0.3 is 0 Å². The fraction of sp³-hybridized carbons (Fsp3) is 0.267. The fourth-order valence-corrected chi connectivity index (χ4v) is 4.78. The van der Waals surface area contributed by atoms with Crippen LogP contribution in [0.4, 0.5) is 4.39 Å². The van der Waals surface area contributed by atoms with Gasteiger partial charge in [0.1, 0.15) is 5.82 Å². The second kappa shape index (κ2) is 11.2. The van der Waals surface area contributed by atoms with Gasteiger partial charge in [0, 0.05) is 37.8 Å². The van der Waals surface area contributed by atoms with Crippen molar-refractivity contribution in [3.8, 4) is 11.3 Å². The average Bonchev–Trinajstić information content (AvgIpc) is 3.26. The molecule has 1 heterocycles. The largest absolute Gasteiger partial charge is 0.512 e. The molecule has 0 amide bonds. The van der Waals surface area contributed by atoms with Crippen LogP contribution in [-0.2, 0) is 37.7 Å².